The highest BCUT2D eigenvalue weighted by atomic mass is 16.1. The minimum Gasteiger partial charge on any atom is -0.399 e. The topological polar surface area (TPSA) is 68.0 Å². The third kappa shape index (κ3) is 2.85. The number of hydrogen-bond donors (Lipinski definition) is 2. The molecule has 0 bridgehead atoms. The number of carbonyl (C=O) groups excluding carboxylic acids is 1. The van der Waals surface area contributed by atoms with Crippen molar-refractivity contribution in [1.82, 2.24) is 10.3 Å². The average molecular weight is 241 g/mol. The zero-order chi connectivity index (χ0) is 13.0. The molecule has 0 unspecified atom stereocenters. The molecule has 0 saturated heterocycles. The van der Waals surface area contributed by atoms with Crippen LogP contribution in [-0.2, 0) is 6.54 Å². The van der Waals surface area contributed by atoms with Crippen molar-refractivity contribution in [1.29, 1.82) is 0 Å². The number of nitrogen functional groups attached to an aromatic ring is 1. The lowest BCUT2D eigenvalue weighted by Crippen LogP contribution is -2.24. The maximum Gasteiger partial charge on any atom is 0.270 e. The van der Waals surface area contributed by atoms with Gasteiger partial charge in [-0.05, 0) is 36.2 Å². The molecule has 2 aromatic rings. The summed E-state index contributed by atoms with van der Waals surface area (Å²) in [6.45, 7) is 2.33. The number of nitrogens with one attached hydrogen (secondary N) is 1. The van der Waals surface area contributed by atoms with E-state index in [1.165, 1.54) is 0 Å². The van der Waals surface area contributed by atoms with Gasteiger partial charge >= 0.3 is 0 Å². The molecule has 0 fully saturated rings. The predicted octanol–water partition coefficient (Wildman–Crippen LogP) is 1.90. The molecule has 4 nitrogen and oxygen atoms in total. The molecule has 0 aliphatic carbocycles. The molecule has 0 saturated carbocycles. The molecule has 0 aliphatic rings. The van der Waals surface area contributed by atoms with Crippen molar-refractivity contribution in [3.8, 4) is 0 Å². The van der Waals surface area contributed by atoms with Crippen LogP contribution in [-0.4, -0.2) is 10.9 Å². The number of anilines is 1. The van der Waals surface area contributed by atoms with Crippen LogP contribution in [0.1, 0.15) is 21.6 Å². The Balaban J connectivity index is 2.01. The van der Waals surface area contributed by atoms with Crippen LogP contribution >= 0.6 is 0 Å². The quantitative estimate of drug-likeness (QED) is 0.806. The first-order chi connectivity index (χ1) is 8.66. The molecule has 1 aromatic carbocycles. The van der Waals surface area contributed by atoms with Crippen molar-refractivity contribution in [3.05, 3.63) is 59.4 Å². The van der Waals surface area contributed by atoms with Gasteiger partial charge in [0.1, 0.15) is 5.69 Å². The van der Waals surface area contributed by atoms with E-state index in [9.17, 15) is 4.79 Å². The van der Waals surface area contributed by atoms with Gasteiger partial charge in [0, 0.05) is 18.4 Å². The Kier molecular flexibility index (Phi) is 3.57. The molecule has 1 amide bonds. The van der Waals surface area contributed by atoms with Crippen molar-refractivity contribution in [2.75, 3.05) is 5.73 Å². The maximum absolute atomic E-state index is 11.9. The Morgan fingerprint density at radius 1 is 1.28 bits per heavy atom. The summed E-state index contributed by atoms with van der Waals surface area (Å²) in [5.74, 6) is -0.162. The summed E-state index contributed by atoms with van der Waals surface area (Å²) in [6.07, 6.45) is 1.62. The van der Waals surface area contributed by atoms with E-state index in [2.05, 4.69) is 10.3 Å². The molecule has 0 radical (unpaired) electrons. The van der Waals surface area contributed by atoms with Crippen molar-refractivity contribution >= 4 is 11.6 Å². The number of aryl methyl sites for hydroxylation is 1. The molecule has 92 valence electrons. The van der Waals surface area contributed by atoms with Crippen LogP contribution in [0.25, 0.3) is 0 Å². The van der Waals surface area contributed by atoms with E-state index in [-0.39, 0.29) is 5.91 Å². The number of hydrogen-bond acceptors (Lipinski definition) is 3. The van der Waals surface area contributed by atoms with E-state index in [1.807, 2.05) is 43.3 Å². The number of pyridine rings is 1. The predicted molar refractivity (Wildman–Crippen MR) is 71.0 cm³/mol. The minimum atomic E-state index is -0.162. The summed E-state index contributed by atoms with van der Waals surface area (Å²) >= 11 is 0. The number of nitrogens with two attached hydrogens (primary N) is 1. The number of nitrogens with zero attached hydrogens (tertiary/aromatic N) is 1. The fourth-order valence-corrected chi connectivity index (χ4v) is 1.62. The number of aromatic nitrogens is 1. The van der Waals surface area contributed by atoms with Gasteiger partial charge in [0.05, 0.1) is 0 Å². The lowest BCUT2D eigenvalue weighted by atomic mass is 10.2. The van der Waals surface area contributed by atoms with Gasteiger partial charge in [0.25, 0.3) is 5.91 Å². The second-order valence-corrected chi connectivity index (χ2v) is 4.09. The first kappa shape index (κ1) is 12.1. The average Bonchev–Trinajstić information content (AvgIpc) is 2.38. The zero-order valence-corrected chi connectivity index (χ0v) is 10.2. The SMILES string of the molecule is Cc1cccnc1C(=O)NCc1ccc(N)cc1. The Labute approximate surface area is 106 Å². The van der Waals surface area contributed by atoms with Gasteiger partial charge in [-0.3, -0.25) is 9.78 Å². The maximum atomic E-state index is 11.9. The Morgan fingerprint density at radius 3 is 2.67 bits per heavy atom. The van der Waals surface area contributed by atoms with E-state index in [0.717, 1.165) is 11.1 Å². The van der Waals surface area contributed by atoms with Crippen molar-refractivity contribution in [3.63, 3.8) is 0 Å². The normalized spacial score (nSPS) is 10.1. The fourth-order valence-electron chi connectivity index (χ4n) is 1.62. The molecular weight excluding hydrogens is 226 g/mol. The largest absolute Gasteiger partial charge is 0.399 e. The van der Waals surface area contributed by atoms with Gasteiger partial charge in [0.15, 0.2) is 0 Å². The lowest BCUT2D eigenvalue weighted by molar-refractivity contribution is 0.0945. The van der Waals surface area contributed by atoms with Crippen LogP contribution < -0.4 is 11.1 Å². The standard InChI is InChI=1S/C14H15N3O/c1-10-3-2-8-16-13(10)14(18)17-9-11-4-6-12(15)7-5-11/h2-8H,9,15H2,1H3,(H,17,18). The highest BCUT2D eigenvalue weighted by Crippen LogP contribution is 2.06. The second-order valence-electron chi connectivity index (χ2n) is 4.09. The van der Waals surface area contributed by atoms with Gasteiger partial charge in [-0.25, -0.2) is 0 Å². The van der Waals surface area contributed by atoms with E-state index >= 15 is 0 Å². The minimum absolute atomic E-state index is 0.162. The molecule has 4 heteroatoms. The molecular formula is C14H15N3O. The number of carbonyl (C=O) groups is 1. The van der Waals surface area contributed by atoms with Gasteiger partial charge in [-0.2, -0.15) is 0 Å². The zero-order valence-electron chi connectivity index (χ0n) is 10.2. The molecule has 1 heterocycles. The summed E-state index contributed by atoms with van der Waals surface area (Å²) < 4.78 is 0. The van der Waals surface area contributed by atoms with E-state index in [1.54, 1.807) is 6.20 Å². The first-order valence-corrected chi connectivity index (χ1v) is 5.71. The molecule has 18 heavy (non-hydrogen) atoms. The molecule has 0 atom stereocenters. The molecule has 0 aliphatic heterocycles. The van der Waals surface area contributed by atoms with Gasteiger partial charge in [-0.1, -0.05) is 18.2 Å². The van der Waals surface area contributed by atoms with Crippen LogP contribution in [0, 0.1) is 6.92 Å². The molecule has 2 rings (SSSR count). The lowest BCUT2D eigenvalue weighted by Gasteiger charge is -2.06. The summed E-state index contributed by atoms with van der Waals surface area (Å²) in [4.78, 5) is 16.0. The number of rotatable bonds is 3. The van der Waals surface area contributed by atoms with Gasteiger partial charge in [0.2, 0.25) is 0 Å². The summed E-state index contributed by atoms with van der Waals surface area (Å²) in [5.41, 5.74) is 8.65. The second kappa shape index (κ2) is 5.31. The van der Waals surface area contributed by atoms with E-state index in [4.69, 9.17) is 5.73 Å². The summed E-state index contributed by atoms with van der Waals surface area (Å²) in [5, 5.41) is 2.83. The van der Waals surface area contributed by atoms with Crippen LogP contribution in [0.5, 0.6) is 0 Å². The van der Waals surface area contributed by atoms with E-state index in [0.29, 0.717) is 17.9 Å². The van der Waals surface area contributed by atoms with Crippen molar-refractivity contribution in [2.24, 2.45) is 0 Å². The van der Waals surface area contributed by atoms with E-state index < -0.39 is 0 Å². The first-order valence-electron chi connectivity index (χ1n) is 5.71. The monoisotopic (exact) mass is 241 g/mol. The highest BCUT2D eigenvalue weighted by Gasteiger charge is 2.08. The van der Waals surface area contributed by atoms with Crippen molar-refractivity contribution in [2.45, 2.75) is 13.5 Å². The van der Waals surface area contributed by atoms with Crippen molar-refractivity contribution < 1.29 is 4.79 Å². The smallest absolute Gasteiger partial charge is 0.270 e. The van der Waals surface area contributed by atoms with Gasteiger partial charge in [-0.15, -0.1) is 0 Å². The summed E-state index contributed by atoms with van der Waals surface area (Å²) in [7, 11) is 0. The Hall–Kier alpha value is -2.36. The summed E-state index contributed by atoms with van der Waals surface area (Å²) in [6, 6.07) is 11.1. The molecule has 3 N–H and O–H groups in total. The van der Waals surface area contributed by atoms with Crippen LogP contribution in [0.2, 0.25) is 0 Å². The number of benzene rings is 1. The number of amides is 1. The third-order valence-corrected chi connectivity index (χ3v) is 2.66. The molecule has 0 spiro atoms. The van der Waals surface area contributed by atoms with Gasteiger partial charge < -0.3 is 11.1 Å². The molecule has 1 aromatic heterocycles. The van der Waals surface area contributed by atoms with Crippen LogP contribution in [0.3, 0.4) is 0 Å². The van der Waals surface area contributed by atoms with Crippen LogP contribution in [0.4, 0.5) is 5.69 Å². The fraction of sp³-hybridized carbons (Fsp3) is 0.143. The third-order valence-electron chi connectivity index (χ3n) is 2.66. The Morgan fingerprint density at radius 2 is 2.00 bits per heavy atom. The Bertz CT molecular complexity index is 549. The van der Waals surface area contributed by atoms with Crippen LogP contribution in [0.15, 0.2) is 42.6 Å². The highest BCUT2D eigenvalue weighted by molar-refractivity contribution is 5.93.